The largest absolute Gasteiger partial charge is 0.173 e. The SMILES string of the molecule is CCCCCCCC(CC)C(C)(C)S. The molecule has 0 fully saturated rings. The van der Waals surface area contributed by atoms with Crippen molar-refractivity contribution in [2.24, 2.45) is 5.92 Å². The van der Waals surface area contributed by atoms with Gasteiger partial charge in [-0.15, -0.1) is 0 Å². The third kappa shape index (κ3) is 6.75. The molecule has 0 N–H and O–H groups in total. The molecule has 0 saturated carbocycles. The molecule has 1 atom stereocenters. The molecular weight excluding hydrogens is 188 g/mol. The third-order valence-electron chi connectivity index (χ3n) is 3.15. The van der Waals surface area contributed by atoms with Gasteiger partial charge in [-0.25, -0.2) is 0 Å². The van der Waals surface area contributed by atoms with E-state index >= 15 is 0 Å². The average molecular weight is 216 g/mol. The van der Waals surface area contributed by atoms with E-state index in [1.165, 1.54) is 44.9 Å². The molecule has 0 aromatic rings. The van der Waals surface area contributed by atoms with Gasteiger partial charge in [-0.3, -0.25) is 0 Å². The molecule has 0 nitrogen and oxygen atoms in total. The van der Waals surface area contributed by atoms with Crippen LogP contribution >= 0.6 is 12.6 Å². The van der Waals surface area contributed by atoms with Gasteiger partial charge in [0, 0.05) is 4.75 Å². The summed E-state index contributed by atoms with van der Waals surface area (Å²) in [5, 5.41) is 0. The van der Waals surface area contributed by atoms with Gasteiger partial charge in [-0.1, -0.05) is 66.2 Å². The van der Waals surface area contributed by atoms with Crippen molar-refractivity contribution in [3.05, 3.63) is 0 Å². The molecule has 0 amide bonds. The zero-order valence-electron chi connectivity index (χ0n) is 10.5. The van der Waals surface area contributed by atoms with Crippen LogP contribution in [0.4, 0.5) is 0 Å². The molecule has 0 radical (unpaired) electrons. The Kier molecular flexibility index (Phi) is 7.81. The molecular formula is C13H28S. The minimum atomic E-state index is 0.208. The maximum atomic E-state index is 4.67. The lowest BCUT2D eigenvalue weighted by Crippen LogP contribution is -2.24. The molecule has 0 rings (SSSR count). The molecule has 0 saturated heterocycles. The predicted octanol–water partition coefficient (Wildman–Crippen LogP) is 5.08. The molecule has 0 bridgehead atoms. The van der Waals surface area contributed by atoms with E-state index in [1.807, 2.05) is 0 Å². The molecule has 0 aliphatic carbocycles. The molecule has 14 heavy (non-hydrogen) atoms. The second-order valence-electron chi connectivity index (χ2n) is 4.96. The first kappa shape index (κ1) is 14.3. The summed E-state index contributed by atoms with van der Waals surface area (Å²) < 4.78 is 0.208. The van der Waals surface area contributed by atoms with Crippen molar-refractivity contribution in [3.63, 3.8) is 0 Å². The highest BCUT2D eigenvalue weighted by Gasteiger charge is 2.22. The van der Waals surface area contributed by atoms with Crippen LogP contribution < -0.4 is 0 Å². The summed E-state index contributed by atoms with van der Waals surface area (Å²) in [6, 6.07) is 0. The highest BCUT2D eigenvalue weighted by Crippen LogP contribution is 2.31. The van der Waals surface area contributed by atoms with Crippen molar-refractivity contribution >= 4 is 12.6 Å². The van der Waals surface area contributed by atoms with Crippen LogP contribution in [0, 0.1) is 5.92 Å². The molecule has 0 aromatic heterocycles. The van der Waals surface area contributed by atoms with E-state index in [0.29, 0.717) is 0 Å². The van der Waals surface area contributed by atoms with Gasteiger partial charge >= 0.3 is 0 Å². The smallest absolute Gasteiger partial charge is 0.0101 e. The summed E-state index contributed by atoms with van der Waals surface area (Å²) in [5.74, 6) is 0.785. The minimum absolute atomic E-state index is 0.208. The van der Waals surface area contributed by atoms with Gasteiger partial charge in [-0.05, 0) is 12.3 Å². The third-order valence-corrected chi connectivity index (χ3v) is 3.51. The van der Waals surface area contributed by atoms with Crippen LogP contribution in [0.5, 0.6) is 0 Å². The van der Waals surface area contributed by atoms with Crippen molar-refractivity contribution in [1.29, 1.82) is 0 Å². The summed E-state index contributed by atoms with van der Waals surface area (Å²) in [6.07, 6.45) is 9.59. The molecule has 86 valence electrons. The van der Waals surface area contributed by atoms with Crippen molar-refractivity contribution in [1.82, 2.24) is 0 Å². The monoisotopic (exact) mass is 216 g/mol. The van der Waals surface area contributed by atoms with Crippen molar-refractivity contribution in [2.45, 2.75) is 77.4 Å². The summed E-state index contributed by atoms with van der Waals surface area (Å²) in [4.78, 5) is 0. The van der Waals surface area contributed by atoms with Crippen LogP contribution in [0.3, 0.4) is 0 Å². The molecule has 0 heterocycles. The van der Waals surface area contributed by atoms with Crippen molar-refractivity contribution < 1.29 is 0 Å². The van der Waals surface area contributed by atoms with Crippen LogP contribution in [0.15, 0.2) is 0 Å². The van der Waals surface area contributed by atoms with Gasteiger partial charge in [-0.2, -0.15) is 12.6 Å². The normalized spacial score (nSPS) is 14.4. The quantitative estimate of drug-likeness (QED) is 0.424. The maximum Gasteiger partial charge on any atom is 0.0101 e. The van der Waals surface area contributed by atoms with E-state index in [9.17, 15) is 0 Å². The van der Waals surface area contributed by atoms with Gasteiger partial charge in [0.1, 0.15) is 0 Å². The lowest BCUT2D eigenvalue weighted by Gasteiger charge is -2.28. The summed E-state index contributed by atoms with van der Waals surface area (Å²) >= 11 is 4.67. The van der Waals surface area contributed by atoms with Gasteiger partial charge in [0.25, 0.3) is 0 Å². The van der Waals surface area contributed by atoms with E-state index in [0.717, 1.165) is 5.92 Å². The average Bonchev–Trinajstić information content (AvgIpc) is 2.09. The molecule has 0 spiro atoms. The zero-order chi connectivity index (χ0) is 11.0. The summed E-state index contributed by atoms with van der Waals surface area (Å²) in [5.41, 5.74) is 0. The Balaban J connectivity index is 3.54. The molecule has 1 heteroatoms. The second kappa shape index (κ2) is 7.62. The van der Waals surface area contributed by atoms with Crippen LogP contribution in [0.1, 0.15) is 72.6 Å². The molecule has 0 aromatic carbocycles. The predicted molar refractivity (Wildman–Crippen MR) is 70.2 cm³/mol. The van der Waals surface area contributed by atoms with E-state index in [4.69, 9.17) is 0 Å². The van der Waals surface area contributed by atoms with E-state index in [1.54, 1.807) is 0 Å². The Hall–Kier alpha value is 0.350. The van der Waals surface area contributed by atoms with E-state index in [-0.39, 0.29) is 4.75 Å². The first-order valence-corrected chi connectivity index (χ1v) is 6.69. The molecule has 0 aliphatic heterocycles. The number of thiol groups is 1. The lowest BCUT2D eigenvalue weighted by atomic mass is 9.87. The standard InChI is InChI=1S/C13H28S/c1-5-7-8-9-10-11-12(6-2)13(3,4)14/h12,14H,5-11H2,1-4H3. The van der Waals surface area contributed by atoms with Crippen LogP contribution in [0.25, 0.3) is 0 Å². The van der Waals surface area contributed by atoms with Gasteiger partial charge in [0.15, 0.2) is 0 Å². The topological polar surface area (TPSA) is 0 Å². The lowest BCUT2D eigenvalue weighted by molar-refractivity contribution is 0.368. The Labute approximate surface area is 96.3 Å². The molecule has 0 aliphatic rings. The van der Waals surface area contributed by atoms with Crippen LogP contribution in [0.2, 0.25) is 0 Å². The number of rotatable bonds is 8. The Morgan fingerprint density at radius 2 is 1.57 bits per heavy atom. The number of unbranched alkanes of at least 4 members (excludes halogenated alkanes) is 4. The van der Waals surface area contributed by atoms with E-state index < -0.39 is 0 Å². The summed E-state index contributed by atoms with van der Waals surface area (Å²) in [6.45, 7) is 9.05. The fourth-order valence-electron chi connectivity index (χ4n) is 2.05. The Bertz CT molecular complexity index is 124. The fourth-order valence-corrected chi connectivity index (χ4v) is 2.36. The molecule has 1 unspecified atom stereocenters. The van der Waals surface area contributed by atoms with Gasteiger partial charge < -0.3 is 0 Å². The first-order chi connectivity index (χ1) is 6.52. The highest BCUT2D eigenvalue weighted by molar-refractivity contribution is 7.81. The number of hydrogen-bond acceptors (Lipinski definition) is 1. The fraction of sp³-hybridized carbons (Fsp3) is 1.00. The van der Waals surface area contributed by atoms with E-state index in [2.05, 4.69) is 40.3 Å². The van der Waals surface area contributed by atoms with Crippen LogP contribution in [-0.2, 0) is 0 Å². The Morgan fingerprint density at radius 1 is 1.00 bits per heavy atom. The minimum Gasteiger partial charge on any atom is -0.173 e. The van der Waals surface area contributed by atoms with Crippen molar-refractivity contribution in [2.75, 3.05) is 0 Å². The van der Waals surface area contributed by atoms with Gasteiger partial charge in [0.05, 0.1) is 0 Å². The summed E-state index contributed by atoms with van der Waals surface area (Å²) in [7, 11) is 0. The highest BCUT2D eigenvalue weighted by atomic mass is 32.1. The van der Waals surface area contributed by atoms with Gasteiger partial charge in [0.2, 0.25) is 0 Å². The first-order valence-electron chi connectivity index (χ1n) is 6.24. The van der Waals surface area contributed by atoms with Crippen molar-refractivity contribution in [3.8, 4) is 0 Å². The number of hydrogen-bond donors (Lipinski definition) is 1. The van der Waals surface area contributed by atoms with Crippen LogP contribution in [-0.4, -0.2) is 4.75 Å². The second-order valence-corrected chi connectivity index (χ2v) is 6.11. The maximum absolute atomic E-state index is 4.67. The zero-order valence-corrected chi connectivity index (χ0v) is 11.4. The Morgan fingerprint density at radius 3 is 2.00 bits per heavy atom.